The molecule has 1 amide bonds. The third-order valence-corrected chi connectivity index (χ3v) is 2.85. The molecule has 1 aliphatic heterocycles. The van der Waals surface area contributed by atoms with Crippen LogP contribution in [0.2, 0.25) is 0 Å². The zero-order valence-electron chi connectivity index (χ0n) is 9.43. The van der Waals surface area contributed by atoms with Gasteiger partial charge < -0.3 is 15.2 Å². The van der Waals surface area contributed by atoms with Crippen molar-refractivity contribution in [1.82, 2.24) is 5.32 Å². The van der Waals surface area contributed by atoms with E-state index in [0.717, 1.165) is 0 Å². The van der Waals surface area contributed by atoms with E-state index in [-0.39, 0.29) is 17.7 Å². The second-order valence-electron chi connectivity index (χ2n) is 3.70. The molecule has 1 atom stereocenters. The Morgan fingerprint density at radius 2 is 2.24 bits per heavy atom. The van der Waals surface area contributed by atoms with Crippen molar-refractivity contribution in [2.24, 2.45) is 0 Å². The van der Waals surface area contributed by atoms with Gasteiger partial charge in [-0.15, -0.1) is 0 Å². The first-order valence-electron chi connectivity index (χ1n) is 5.06. The summed E-state index contributed by atoms with van der Waals surface area (Å²) in [7, 11) is 1.46. The lowest BCUT2D eigenvalue weighted by atomic mass is 10.2. The number of methoxy groups -OCH3 is 1. The molecule has 1 aromatic carbocycles. The van der Waals surface area contributed by atoms with Gasteiger partial charge in [-0.25, -0.2) is 0 Å². The normalized spacial score (nSPS) is 19.4. The van der Waals surface area contributed by atoms with E-state index in [2.05, 4.69) is 5.32 Å². The Morgan fingerprint density at radius 3 is 2.71 bits per heavy atom. The van der Waals surface area contributed by atoms with E-state index in [1.165, 1.54) is 18.1 Å². The summed E-state index contributed by atoms with van der Waals surface area (Å²) in [6.45, 7) is 1.73. The number of phenols is 1. The first-order chi connectivity index (χ1) is 8.04. The van der Waals surface area contributed by atoms with Crippen molar-refractivity contribution < 1.29 is 14.6 Å². The van der Waals surface area contributed by atoms with Gasteiger partial charge in [0.2, 0.25) is 0 Å². The van der Waals surface area contributed by atoms with Crippen molar-refractivity contribution in [3.63, 3.8) is 0 Å². The SMILES string of the molecule is COc1ccc(N2C(=O)[C@@H](C)NC2=S)cc1O. The molecule has 1 aliphatic rings. The molecule has 0 spiro atoms. The first kappa shape index (κ1) is 11.7. The van der Waals surface area contributed by atoms with Gasteiger partial charge in [0, 0.05) is 6.07 Å². The molecule has 1 saturated heterocycles. The lowest BCUT2D eigenvalue weighted by Crippen LogP contribution is -2.30. The molecular formula is C11H12N2O3S. The van der Waals surface area contributed by atoms with E-state index >= 15 is 0 Å². The summed E-state index contributed by atoms with van der Waals surface area (Å²) >= 11 is 5.06. The summed E-state index contributed by atoms with van der Waals surface area (Å²) in [4.78, 5) is 13.2. The van der Waals surface area contributed by atoms with Crippen molar-refractivity contribution in [1.29, 1.82) is 0 Å². The Balaban J connectivity index is 2.38. The van der Waals surface area contributed by atoms with Crippen LogP contribution in [0, 0.1) is 0 Å². The molecule has 0 unspecified atom stereocenters. The third-order valence-electron chi connectivity index (χ3n) is 2.55. The van der Waals surface area contributed by atoms with Gasteiger partial charge in [-0.2, -0.15) is 0 Å². The summed E-state index contributed by atoms with van der Waals surface area (Å²) in [5.41, 5.74) is 0.523. The van der Waals surface area contributed by atoms with Crippen LogP contribution in [0.4, 0.5) is 5.69 Å². The van der Waals surface area contributed by atoms with Crippen LogP contribution in [-0.2, 0) is 4.79 Å². The molecule has 0 aromatic heterocycles. The maximum absolute atomic E-state index is 11.8. The van der Waals surface area contributed by atoms with Crippen LogP contribution in [0.5, 0.6) is 11.5 Å². The zero-order valence-corrected chi connectivity index (χ0v) is 10.2. The molecule has 17 heavy (non-hydrogen) atoms. The summed E-state index contributed by atoms with van der Waals surface area (Å²) in [6.07, 6.45) is 0. The van der Waals surface area contributed by atoms with Crippen LogP contribution in [0.25, 0.3) is 0 Å². The van der Waals surface area contributed by atoms with Gasteiger partial charge >= 0.3 is 0 Å². The first-order valence-corrected chi connectivity index (χ1v) is 5.47. The van der Waals surface area contributed by atoms with Gasteiger partial charge in [-0.05, 0) is 31.3 Å². The minimum Gasteiger partial charge on any atom is -0.504 e. The van der Waals surface area contributed by atoms with Crippen LogP contribution in [-0.4, -0.2) is 29.3 Å². The molecule has 0 saturated carbocycles. The number of phenolic OH excluding ortho intramolecular Hbond substituents is 1. The van der Waals surface area contributed by atoms with Crippen molar-refractivity contribution in [3.8, 4) is 11.5 Å². The fraction of sp³-hybridized carbons (Fsp3) is 0.273. The van der Waals surface area contributed by atoms with Gasteiger partial charge in [0.15, 0.2) is 16.6 Å². The fourth-order valence-corrected chi connectivity index (χ4v) is 2.04. The number of nitrogens with one attached hydrogen (secondary N) is 1. The number of hydrogen-bond acceptors (Lipinski definition) is 4. The van der Waals surface area contributed by atoms with E-state index in [4.69, 9.17) is 17.0 Å². The molecule has 2 rings (SSSR count). The van der Waals surface area contributed by atoms with Gasteiger partial charge in [0.05, 0.1) is 12.8 Å². The number of amides is 1. The standard InChI is InChI=1S/C11H12N2O3S/c1-6-10(15)13(11(17)12-6)7-3-4-9(16-2)8(14)5-7/h3-6,14H,1-2H3,(H,12,17)/t6-/m1/s1. The largest absolute Gasteiger partial charge is 0.504 e. The summed E-state index contributed by atoms with van der Waals surface area (Å²) in [5, 5.41) is 12.9. The van der Waals surface area contributed by atoms with Gasteiger partial charge in [0.1, 0.15) is 6.04 Å². The second-order valence-corrected chi connectivity index (χ2v) is 4.09. The van der Waals surface area contributed by atoms with Crippen molar-refractivity contribution in [3.05, 3.63) is 18.2 Å². The predicted molar refractivity (Wildman–Crippen MR) is 67.3 cm³/mol. The summed E-state index contributed by atoms with van der Waals surface area (Å²) in [6, 6.07) is 4.36. The number of carbonyl (C=O) groups excluding carboxylic acids is 1. The van der Waals surface area contributed by atoms with Crippen LogP contribution in [0.15, 0.2) is 18.2 Å². The fourth-order valence-electron chi connectivity index (χ4n) is 1.67. The quantitative estimate of drug-likeness (QED) is 0.769. The van der Waals surface area contributed by atoms with Crippen LogP contribution in [0.3, 0.4) is 0 Å². The smallest absolute Gasteiger partial charge is 0.255 e. The highest BCUT2D eigenvalue weighted by Crippen LogP contribution is 2.31. The number of carbonyl (C=O) groups is 1. The second kappa shape index (κ2) is 4.21. The highest BCUT2D eigenvalue weighted by atomic mass is 32.1. The van der Waals surface area contributed by atoms with Crippen molar-refractivity contribution >= 4 is 28.9 Å². The number of anilines is 1. The highest BCUT2D eigenvalue weighted by Gasteiger charge is 2.33. The van der Waals surface area contributed by atoms with Crippen LogP contribution in [0.1, 0.15) is 6.92 Å². The average molecular weight is 252 g/mol. The zero-order chi connectivity index (χ0) is 12.6. The summed E-state index contributed by atoms with van der Waals surface area (Å²) < 4.78 is 4.94. The van der Waals surface area contributed by atoms with Gasteiger partial charge in [0.25, 0.3) is 5.91 Å². The number of aromatic hydroxyl groups is 1. The molecule has 0 bridgehead atoms. The van der Waals surface area contributed by atoms with E-state index in [0.29, 0.717) is 16.5 Å². The minimum atomic E-state index is -0.341. The van der Waals surface area contributed by atoms with Crippen molar-refractivity contribution in [2.75, 3.05) is 12.0 Å². The molecule has 0 aliphatic carbocycles. The predicted octanol–water partition coefficient (Wildman–Crippen LogP) is 1.01. The maximum atomic E-state index is 11.8. The van der Waals surface area contributed by atoms with Gasteiger partial charge in [-0.3, -0.25) is 9.69 Å². The number of thiocarbonyl (C=S) groups is 1. The number of ether oxygens (including phenoxy) is 1. The molecule has 1 heterocycles. The minimum absolute atomic E-state index is 0.0276. The number of rotatable bonds is 2. The number of benzene rings is 1. The average Bonchev–Trinajstić information content (AvgIpc) is 2.53. The molecule has 90 valence electrons. The molecule has 5 nitrogen and oxygen atoms in total. The molecule has 6 heteroatoms. The molecular weight excluding hydrogens is 240 g/mol. The highest BCUT2D eigenvalue weighted by molar-refractivity contribution is 7.80. The maximum Gasteiger partial charge on any atom is 0.255 e. The lowest BCUT2D eigenvalue weighted by Gasteiger charge is -2.15. The third kappa shape index (κ3) is 1.91. The Labute approximate surface area is 104 Å². The van der Waals surface area contributed by atoms with Crippen molar-refractivity contribution in [2.45, 2.75) is 13.0 Å². The van der Waals surface area contributed by atoms with E-state index in [1.807, 2.05) is 0 Å². The monoisotopic (exact) mass is 252 g/mol. The Morgan fingerprint density at radius 1 is 1.53 bits per heavy atom. The van der Waals surface area contributed by atoms with E-state index in [1.54, 1.807) is 19.1 Å². The topological polar surface area (TPSA) is 61.8 Å². The Hall–Kier alpha value is -1.82. The molecule has 1 fully saturated rings. The summed E-state index contributed by atoms with van der Waals surface area (Å²) in [5.74, 6) is 0.187. The van der Waals surface area contributed by atoms with Crippen LogP contribution < -0.4 is 15.0 Å². The van der Waals surface area contributed by atoms with E-state index in [9.17, 15) is 9.90 Å². The van der Waals surface area contributed by atoms with E-state index < -0.39 is 0 Å². The molecule has 0 radical (unpaired) electrons. The van der Waals surface area contributed by atoms with Gasteiger partial charge in [-0.1, -0.05) is 0 Å². The Kier molecular flexibility index (Phi) is 2.89. The van der Waals surface area contributed by atoms with Crippen LogP contribution >= 0.6 is 12.2 Å². The number of nitrogens with zero attached hydrogens (tertiary/aromatic N) is 1. The number of hydrogen-bond donors (Lipinski definition) is 2. The Bertz CT molecular complexity index is 490. The molecule has 2 N–H and O–H groups in total. The lowest BCUT2D eigenvalue weighted by molar-refractivity contribution is -0.117. The molecule has 1 aromatic rings.